The Kier molecular flexibility index (Phi) is 4.01. The van der Waals surface area contributed by atoms with Crippen LogP contribution in [-0.4, -0.2) is 9.97 Å². The molecule has 1 aliphatic carbocycles. The van der Waals surface area contributed by atoms with E-state index in [1.807, 2.05) is 25.1 Å². The molecular formula is C14H15BrClN5. The number of aromatic nitrogens is 2. The summed E-state index contributed by atoms with van der Waals surface area (Å²) in [4.78, 5) is 9.10. The predicted molar refractivity (Wildman–Crippen MR) is 89.0 cm³/mol. The number of hydrogen-bond donors (Lipinski definition) is 3. The first-order chi connectivity index (χ1) is 10.1. The summed E-state index contributed by atoms with van der Waals surface area (Å²) in [6, 6.07) is 5.64. The molecule has 0 amide bonds. The number of nitrogens with one attached hydrogen (secondary N) is 2. The highest BCUT2D eigenvalue weighted by Crippen LogP contribution is 2.40. The molecule has 0 unspecified atom stereocenters. The Labute approximate surface area is 136 Å². The largest absolute Gasteiger partial charge is 0.339 e. The molecule has 1 aliphatic rings. The third-order valence-corrected chi connectivity index (χ3v) is 4.84. The molecule has 1 saturated carbocycles. The second-order valence-electron chi connectivity index (χ2n) is 5.05. The second kappa shape index (κ2) is 5.79. The molecule has 0 spiro atoms. The maximum Gasteiger partial charge on any atom is 0.148 e. The van der Waals surface area contributed by atoms with Crippen LogP contribution in [-0.2, 0) is 0 Å². The average Bonchev–Trinajstić information content (AvgIpc) is 3.30. The van der Waals surface area contributed by atoms with Crippen molar-refractivity contribution in [3.8, 4) is 0 Å². The molecule has 7 heteroatoms. The van der Waals surface area contributed by atoms with Crippen molar-refractivity contribution in [2.24, 2.45) is 5.84 Å². The van der Waals surface area contributed by atoms with Gasteiger partial charge in [-0.25, -0.2) is 15.8 Å². The fraction of sp³-hybridized carbons (Fsp3) is 0.286. The number of benzene rings is 1. The van der Waals surface area contributed by atoms with Gasteiger partial charge >= 0.3 is 0 Å². The minimum Gasteiger partial charge on any atom is -0.339 e. The molecule has 1 aromatic heterocycles. The van der Waals surface area contributed by atoms with Crippen LogP contribution >= 0.6 is 27.5 Å². The van der Waals surface area contributed by atoms with Crippen LogP contribution < -0.4 is 16.6 Å². The first-order valence-corrected chi connectivity index (χ1v) is 7.83. The normalized spacial score (nSPS) is 14.1. The molecule has 5 nitrogen and oxygen atoms in total. The molecular weight excluding hydrogens is 354 g/mol. The summed E-state index contributed by atoms with van der Waals surface area (Å²) in [7, 11) is 0. The van der Waals surface area contributed by atoms with E-state index < -0.39 is 0 Å². The third-order valence-electron chi connectivity index (χ3n) is 3.45. The molecule has 1 heterocycles. The van der Waals surface area contributed by atoms with Crippen molar-refractivity contribution in [1.82, 2.24) is 9.97 Å². The Morgan fingerprint density at radius 1 is 1.29 bits per heavy atom. The van der Waals surface area contributed by atoms with Crippen molar-refractivity contribution in [3.05, 3.63) is 39.1 Å². The number of halogens is 2. The van der Waals surface area contributed by atoms with Crippen LogP contribution in [0.1, 0.15) is 30.1 Å². The Hall–Kier alpha value is -1.37. The second-order valence-corrected chi connectivity index (χ2v) is 6.25. The zero-order valence-corrected chi connectivity index (χ0v) is 13.8. The lowest BCUT2D eigenvalue weighted by Gasteiger charge is -2.14. The number of nitrogen functional groups attached to an aromatic ring is 1. The Balaban J connectivity index is 2.01. The maximum absolute atomic E-state index is 6.12. The van der Waals surface area contributed by atoms with Gasteiger partial charge in [0.25, 0.3) is 0 Å². The zero-order chi connectivity index (χ0) is 15.0. The summed E-state index contributed by atoms with van der Waals surface area (Å²) in [5.41, 5.74) is 4.37. The average molecular weight is 369 g/mol. The highest BCUT2D eigenvalue weighted by atomic mass is 79.9. The van der Waals surface area contributed by atoms with Gasteiger partial charge in [-0.1, -0.05) is 17.7 Å². The lowest BCUT2D eigenvalue weighted by Crippen LogP contribution is -2.14. The van der Waals surface area contributed by atoms with Gasteiger partial charge in [0.05, 0.1) is 15.2 Å². The molecule has 0 aliphatic heterocycles. The molecule has 1 aromatic carbocycles. The molecule has 21 heavy (non-hydrogen) atoms. The van der Waals surface area contributed by atoms with Gasteiger partial charge in [0.2, 0.25) is 0 Å². The number of nitrogens with zero attached hydrogens (tertiary/aromatic N) is 2. The number of nitrogens with two attached hydrogens (primary N) is 1. The van der Waals surface area contributed by atoms with Gasteiger partial charge < -0.3 is 10.7 Å². The smallest absolute Gasteiger partial charge is 0.148 e. The van der Waals surface area contributed by atoms with E-state index in [4.69, 9.17) is 17.4 Å². The Bertz CT molecular complexity index is 687. The van der Waals surface area contributed by atoms with E-state index in [-0.39, 0.29) is 0 Å². The van der Waals surface area contributed by atoms with E-state index in [0.29, 0.717) is 16.8 Å². The van der Waals surface area contributed by atoms with Crippen molar-refractivity contribution in [1.29, 1.82) is 0 Å². The molecule has 0 bridgehead atoms. The van der Waals surface area contributed by atoms with Gasteiger partial charge in [-0.2, -0.15) is 0 Å². The lowest BCUT2D eigenvalue weighted by molar-refractivity contribution is 0.920. The van der Waals surface area contributed by atoms with Crippen LogP contribution in [0.4, 0.5) is 17.3 Å². The monoisotopic (exact) mass is 367 g/mol. The van der Waals surface area contributed by atoms with E-state index in [0.717, 1.165) is 40.2 Å². The maximum atomic E-state index is 6.12. The highest BCUT2D eigenvalue weighted by molar-refractivity contribution is 9.10. The first kappa shape index (κ1) is 14.6. The van der Waals surface area contributed by atoms with Crippen molar-refractivity contribution >= 4 is 44.9 Å². The summed E-state index contributed by atoms with van der Waals surface area (Å²) in [6.07, 6.45) is 2.26. The van der Waals surface area contributed by atoms with Crippen LogP contribution in [0.5, 0.6) is 0 Å². The molecule has 2 aromatic rings. The molecule has 0 saturated heterocycles. The number of rotatable bonds is 4. The molecule has 3 rings (SSSR count). The Morgan fingerprint density at radius 2 is 2.00 bits per heavy atom. The topological polar surface area (TPSA) is 75.9 Å². The van der Waals surface area contributed by atoms with E-state index in [9.17, 15) is 0 Å². The summed E-state index contributed by atoms with van der Waals surface area (Å²) in [5, 5.41) is 3.95. The van der Waals surface area contributed by atoms with Crippen LogP contribution in [0.15, 0.2) is 22.7 Å². The standard InChI is InChI=1S/C14H15BrClN5/c1-7-12(18-10-4-2-3-9(16)11(10)15)19-14(8-5-6-8)20-13(7)21-17/h2-4,8H,5-6,17H2,1H3,(H2,18,19,20,21). The number of anilines is 3. The number of hydrogen-bond acceptors (Lipinski definition) is 5. The van der Waals surface area contributed by atoms with Gasteiger partial charge in [0.1, 0.15) is 17.5 Å². The van der Waals surface area contributed by atoms with E-state index in [1.54, 1.807) is 0 Å². The fourth-order valence-electron chi connectivity index (χ4n) is 2.05. The van der Waals surface area contributed by atoms with Crippen molar-refractivity contribution in [2.45, 2.75) is 25.7 Å². The molecule has 1 fully saturated rings. The third kappa shape index (κ3) is 2.97. The molecule has 0 radical (unpaired) electrons. The van der Waals surface area contributed by atoms with Crippen molar-refractivity contribution in [3.63, 3.8) is 0 Å². The van der Waals surface area contributed by atoms with Gasteiger partial charge in [-0.3, -0.25) is 0 Å². The first-order valence-electron chi connectivity index (χ1n) is 6.66. The lowest BCUT2D eigenvalue weighted by atomic mass is 10.2. The Morgan fingerprint density at radius 3 is 2.67 bits per heavy atom. The molecule has 0 atom stereocenters. The number of hydrazine groups is 1. The quantitative estimate of drug-likeness (QED) is 0.559. The summed E-state index contributed by atoms with van der Waals surface area (Å²) >= 11 is 9.60. The van der Waals surface area contributed by atoms with Gasteiger partial charge in [-0.05, 0) is 47.8 Å². The van der Waals surface area contributed by atoms with Crippen molar-refractivity contribution in [2.75, 3.05) is 10.7 Å². The van der Waals surface area contributed by atoms with E-state index in [1.165, 1.54) is 0 Å². The molecule has 4 N–H and O–H groups in total. The van der Waals surface area contributed by atoms with Gasteiger partial charge in [0, 0.05) is 11.5 Å². The highest BCUT2D eigenvalue weighted by Gasteiger charge is 2.28. The fourth-order valence-corrected chi connectivity index (χ4v) is 2.59. The minimum absolute atomic E-state index is 0.445. The SMILES string of the molecule is Cc1c(NN)nc(C2CC2)nc1Nc1cccc(Cl)c1Br. The van der Waals surface area contributed by atoms with Gasteiger partial charge in [0.15, 0.2) is 0 Å². The van der Waals surface area contributed by atoms with Crippen LogP contribution in [0.3, 0.4) is 0 Å². The summed E-state index contributed by atoms with van der Waals surface area (Å²) in [5.74, 6) is 8.22. The van der Waals surface area contributed by atoms with E-state index >= 15 is 0 Å². The van der Waals surface area contributed by atoms with E-state index in [2.05, 4.69) is 36.6 Å². The minimum atomic E-state index is 0.445. The van der Waals surface area contributed by atoms with Crippen LogP contribution in [0.2, 0.25) is 5.02 Å². The summed E-state index contributed by atoms with van der Waals surface area (Å²) < 4.78 is 0.805. The van der Waals surface area contributed by atoms with Crippen LogP contribution in [0.25, 0.3) is 0 Å². The van der Waals surface area contributed by atoms with Gasteiger partial charge in [-0.15, -0.1) is 0 Å². The van der Waals surface area contributed by atoms with Crippen molar-refractivity contribution < 1.29 is 0 Å². The summed E-state index contributed by atoms with van der Waals surface area (Å²) in [6.45, 7) is 1.92. The molecule has 110 valence electrons. The predicted octanol–water partition coefficient (Wildman–Crippen LogP) is 4.11. The van der Waals surface area contributed by atoms with Crippen LogP contribution in [0, 0.1) is 6.92 Å². The zero-order valence-electron chi connectivity index (χ0n) is 11.5.